The molecule has 0 fully saturated rings. The molecule has 2 heterocycles. The van der Waals surface area contributed by atoms with Gasteiger partial charge in [0.2, 0.25) is 0 Å². The number of anilines is 2. The van der Waals surface area contributed by atoms with Crippen LogP contribution in [-0.4, -0.2) is 29.2 Å². The van der Waals surface area contributed by atoms with Gasteiger partial charge in [0.1, 0.15) is 0 Å². The lowest BCUT2D eigenvalue weighted by Crippen LogP contribution is -2.20. The third-order valence-corrected chi connectivity index (χ3v) is 7.21. The van der Waals surface area contributed by atoms with E-state index in [1.54, 1.807) is 42.7 Å². The van der Waals surface area contributed by atoms with E-state index in [1.807, 2.05) is 32.9 Å². The van der Waals surface area contributed by atoms with Crippen molar-refractivity contribution in [1.82, 2.24) is 15.0 Å². The Morgan fingerprint density at radius 3 is 2.60 bits per heavy atom. The first-order chi connectivity index (χ1) is 16.5. The number of nitrogens with two attached hydrogens (primary N) is 1. The largest absolute Gasteiger partial charge is 0.399 e. The van der Waals surface area contributed by atoms with Gasteiger partial charge in [-0.15, -0.1) is 0 Å². The molecular formula is C26H25N5O3S. The Morgan fingerprint density at radius 1 is 1.06 bits per heavy atom. The molecule has 0 radical (unpaired) electrons. The number of hydrogen-bond acceptors (Lipinski definition) is 5. The minimum Gasteiger partial charge on any atom is -0.399 e. The molecular weight excluding hydrogens is 462 g/mol. The monoisotopic (exact) mass is 487 g/mol. The maximum atomic E-state index is 13.1. The summed E-state index contributed by atoms with van der Waals surface area (Å²) in [6.45, 7) is 5.63. The third kappa shape index (κ3) is 4.15. The van der Waals surface area contributed by atoms with Gasteiger partial charge in [-0.25, -0.2) is 8.42 Å². The summed E-state index contributed by atoms with van der Waals surface area (Å²) in [6.07, 6.45) is 3.42. The van der Waals surface area contributed by atoms with Gasteiger partial charge in [-0.3, -0.25) is 14.5 Å². The van der Waals surface area contributed by atoms with E-state index in [4.69, 9.17) is 5.73 Å². The number of H-pyrrole nitrogens is 2. The molecule has 0 bridgehead atoms. The Hall–Kier alpha value is -4.11. The standard InChI is InChI=1S/C26H25N5O3S/c1-26(2,3)25(32)19-7-8-20-24(19)30-23(14-29-20)15-11-21-18(9-10-28-21)22(12-15)31-35(33,34)17-6-4-5-16(27)13-17/h4-14,28,30-31H,27H2,1-3H3. The molecule has 178 valence electrons. The van der Waals surface area contributed by atoms with Crippen molar-refractivity contribution in [3.63, 3.8) is 0 Å². The van der Waals surface area contributed by atoms with Crippen molar-refractivity contribution in [1.29, 1.82) is 0 Å². The molecule has 0 saturated heterocycles. The van der Waals surface area contributed by atoms with Crippen molar-refractivity contribution in [3.8, 4) is 22.6 Å². The fourth-order valence-electron chi connectivity index (χ4n) is 4.04. The van der Waals surface area contributed by atoms with Gasteiger partial charge in [0, 0.05) is 39.3 Å². The van der Waals surface area contributed by atoms with Crippen LogP contribution in [0.4, 0.5) is 11.4 Å². The van der Waals surface area contributed by atoms with Gasteiger partial charge in [0.25, 0.3) is 10.0 Å². The van der Waals surface area contributed by atoms with Gasteiger partial charge in [-0.05, 0) is 48.5 Å². The molecule has 5 N–H and O–H groups in total. The summed E-state index contributed by atoms with van der Waals surface area (Å²) in [5.74, 6) is 0.0121. The highest BCUT2D eigenvalue weighted by Gasteiger charge is 2.28. The predicted molar refractivity (Wildman–Crippen MR) is 138 cm³/mol. The maximum absolute atomic E-state index is 13.1. The van der Waals surface area contributed by atoms with Crippen molar-refractivity contribution in [2.45, 2.75) is 25.7 Å². The average molecular weight is 488 g/mol. The topological polar surface area (TPSA) is 134 Å². The van der Waals surface area contributed by atoms with Crippen molar-refractivity contribution < 1.29 is 13.2 Å². The number of aromatic nitrogens is 3. The number of benzene rings is 2. The molecule has 2 aromatic carbocycles. The summed E-state index contributed by atoms with van der Waals surface area (Å²) in [5, 5.41) is 0.715. The fourth-order valence-corrected chi connectivity index (χ4v) is 5.16. The number of sulfonamides is 1. The van der Waals surface area contributed by atoms with Gasteiger partial charge >= 0.3 is 0 Å². The van der Waals surface area contributed by atoms with E-state index >= 15 is 0 Å². The number of nitrogen functional groups attached to an aromatic ring is 1. The van der Waals surface area contributed by atoms with Crippen LogP contribution in [0.25, 0.3) is 33.5 Å². The Labute approximate surface area is 203 Å². The van der Waals surface area contributed by atoms with Crippen LogP contribution in [0.3, 0.4) is 0 Å². The van der Waals surface area contributed by atoms with Gasteiger partial charge in [0.05, 0.1) is 33.9 Å². The van der Waals surface area contributed by atoms with E-state index in [-0.39, 0.29) is 10.7 Å². The van der Waals surface area contributed by atoms with Gasteiger partial charge in [-0.2, -0.15) is 0 Å². The summed E-state index contributed by atoms with van der Waals surface area (Å²) in [5.41, 5.74) is 10.0. The van der Waals surface area contributed by atoms with Crippen LogP contribution >= 0.6 is 0 Å². The summed E-state index contributed by atoms with van der Waals surface area (Å²) in [6, 6.07) is 15.2. The van der Waals surface area contributed by atoms with Crippen LogP contribution in [-0.2, 0) is 10.0 Å². The number of rotatable bonds is 5. The number of nitrogens with zero attached hydrogens (tertiary/aromatic N) is 1. The quantitative estimate of drug-likeness (QED) is 0.198. The van der Waals surface area contributed by atoms with Crippen LogP contribution < -0.4 is 10.5 Å². The summed E-state index contributed by atoms with van der Waals surface area (Å²) >= 11 is 0. The molecule has 9 heteroatoms. The first-order valence-electron chi connectivity index (χ1n) is 11.1. The predicted octanol–water partition coefficient (Wildman–Crippen LogP) is 5.27. The second kappa shape index (κ2) is 7.99. The van der Waals surface area contributed by atoms with Crippen LogP contribution in [0.5, 0.6) is 0 Å². The average Bonchev–Trinajstić information content (AvgIpc) is 3.44. The van der Waals surface area contributed by atoms with Gasteiger partial charge in [-0.1, -0.05) is 26.8 Å². The first kappa shape index (κ1) is 22.7. The zero-order chi connectivity index (χ0) is 25.0. The number of ketones is 1. The first-order valence-corrected chi connectivity index (χ1v) is 12.5. The fraction of sp³-hybridized carbons (Fsp3) is 0.154. The number of nitrogens with one attached hydrogen (secondary N) is 3. The molecule has 2 aliphatic rings. The lowest BCUT2D eigenvalue weighted by molar-refractivity contribution is 0.0859. The normalized spacial score (nSPS) is 12.3. The van der Waals surface area contributed by atoms with E-state index in [0.717, 1.165) is 5.52 Å². The Bertz CT molecular complexity index is 1660. The molecule has 1 aliphatic heterocycles. The zero-order valence-corrected chi connectivity index (χ0v) is 20.3. The zero-order valence-electron chi connectivity index (χ0n) is 19.5. The minimum absolute atomic E-state index is 0.0121. The van der Waals surface area contributed by atoms with Crippen molar-refractivity contribution >= 4 is 38.1 Å². The summed E-state index contributed by atoms with van der Waals surface area (Å²) in [7, 11) is -3.88. The maximum Gasteiger partial charge on any atom is 0.261 e. The molecule has 0 unspecified atom stereocenters. The smallest absolute Gasteiger partial charge is 0.261 e. The molecule has 8 nitrogen and oxygen atoms in total. The Balaban J connectivity index is 1.61. The van der Waals surface area contributed by atoms with Crippen molar-refractivity contribution in [3.05, 3.63) is 72.6 Å². The highest BCUT2D eigenvalue weighted by molar-refractivity contribution is 7.92. The van der Waals surface area contributed by atoms with Gasteiger partial charge < -0.3 is 15.7 Å². The third-order valence-electron chi connectivity index (χ3n) is 5.84. The molecule has 5 rings (SSSR count). The Morgan fingerprint density at radius 2 is 1.86 bits per heavy atom. The number of aromatic amines is 2. The number of hydrogen-bond donors (Lipinski definition) is 4. The molecule has 3 aromatic rings. The van der Waals surface area contributed by atoms with Crippen LogP contribution in [0.1, 0.15) is 31.1 Å². The number of Topliss-reactive ketones (excluding diaryl/α,β-unsaturated/α-hetero) is 1. The minimum atomic E-state index is -3.88. The van der Waals surface area contributed by atoms with E-state index in [1.165, 1.54) is 12.1 Å². The second-order valence-corrected chi connectivity index (χ2v) is 11.2. The van der Waals surface area contributed by atoms with E-state index in [9.17, 15) is 13.2 Å². The van der Waals surface area contributed by atoms with E-state index < -0.39 is 15.4 Å². The number of carbonyl (C=O) groups is 1. The van der Waals surface area contributed by atoms with Crippen molar-refractivity contribution in [2.24, 2.45) is 5.41 Å². The van der Waals surface area contributed by atoms with Crippen molar-refractivity contribution in [2.75, 3.05) is 10.5 Å². The highest BCUT2D eigenvalue weighted by Crippen LogP contribution is 2.35. The molecule has 0 spiro atoms. The van der Waals surface area contributed by atoms with Gasteiger partial charge in [0.15, 0.2) is 5.78 Å². The van der Waals surface area contributed by atoms with Crippen LogP contribution in [0.2, 0.25) is 0 Å². The van der Waals surface area contributed by atoms with Crippen LogP contribution in [0.15, 0.2) is 71.9 Å². The Kier molecular flexibility index (Phi) is 5.17. The molecule has 0 amide bonds. The van der Waals surface area contributed by atoms with E-state index in [2.05, 4.69) is 19.7 Å². The number of carbonyl (C=O) groups excluding carboxylic acids is 1. The number of fused-ring (bicyclic) bond motifs is 2. The summed E-state index contributed by atoms with van der Waals surface area (Å²) < 4.78 is 28.9. The molecule has 1 aromatic heterocycles. The highest BCUT2D eigenvalue weighted by atomic mass is 32.2. The van der Waals surface area contributed by atoms with Crippen LogP contribution in [0, 0.1) is 5.41 Å². The van der Waals surface area contributed by atoms with E-state index in [0.29, 0.717) is 45.0 Å². The lowest BCUT2D eigenvalue weighted by atomic mass is 9.87. The SMILES string of the molecule is CC(C)(C)C(=O)c1ccc2ncc(-c3cc(NS(=O)(=O)c4cccc(N)c4)c4cc[nH]c4c3)[nH]c1-2. The second-order valence-electron chi connectivity index (χ2n) is 9.52. The molecule has 0 saturated carbocycles. The molecule has 35 heavy (non-hydrogen) atoms. The lowest BCUT2D eigenvalue weighted by Gasteiger charge is -2.17. The molecule has 0 atom stereocenters. The molecule has 1 aliphatic carbocycles. The summed E-state index contributed by atoms with van der Waals surface area (Å²) in [4.78, 5) is 24.0.